The quantitative estimate of drug-likeness (QED) is 0.222. The van der Waals surface area contributed by atoms with E-state index in [0.717, 1.165) is 29.5 Å². The van der Waals surface area contributed by atoms with Crippen LogP contribution in [-0.4, -0.2) is 56.6 Å². The number of nitrogens with one attached hydrogen (secondary N) is 2. The minimum absolute atomic E-state index is 0.0779. The summed E-state index contributed by atoms with van der Waals surface area (Å²) in [6, 6.07) is 9.32. The molecule has 0 bridgehead atoms. The summed E-state index contributed by atoms with van der Waals surface area (Å²) < 4.78 is 35.6. The maximum atomic E-state index is 13.4. The van der Waals surface area contributed by atoms with Gasteiger partial charge in [-0.15, -0.1) is 0 Å². The number of aryl methyl sites for hydroxylation is 1. The van der Waals surface area contributed by atoms with Crippen LogP contribution < -0.4 is 14.9 Å². The first-order chi connectivity index (χ1) is 22.2. The number of rotatable bonds is 9. The molecule has 3 aromatic heterocycles. The normalized spacial score (nSPS) is 17.6. The molecule has 0 aliphatic heterocycles. The number of anilines is 2. The number of sulfonamides is 1. The minimum atomic E-state index is -4.58. The van der Waals surface area contributed by atoms with Crippen molar-refractivity contribution in [3.05, 3.63) is 77.8 Å². The summed E-state index contributed by atoms with van der Waals surface area (Å²) in [7, 11) is -4.58. The number of pyridine rings is 1. The van der Waals surface area contributed by atoms with E-state index in [-0.39, 0.29) is 23.8 Å². The fourth-order valence-electron chi connectivity index (χ4n) is 5.35. The Labute approximate surface area is 271 Å². The van der Waals surface area contributed by atoms with Crippen LogP contribution in [0.5, 0.6) is 0 Å². The van der Waals surface area contributed by atoms with Gasteiger partial charge in [-0.1, -0.05) is 6.07 Å². The van der Waals surface area contributed by atoms with E-state index in [1.165, 1.54) is 17.7 Å². The Morgan fingerprint density at radius 2 is 1.85 bits per heavy atom. The zero-order chi connectivity index (χ0) is 33.7. The van der Waals surface area contributed by atoms with Crippen molar-refractivity contribution in [2.75, 3.05) is 10.2 Å². The van der Waals surface area contributed by atoms with Crippen molar-refractivity contribution in [3.8, 4) is 0 Å². The first kappa shape index (κ1) is 31.9. The number of carbonyl (C=O) groups is 3. The predicted molar refractivity (Wildman–Crippen MR) is 171 cm³/mol. The van der Waals surface area contributed by atoms with Crippen LogP contribution in [0.25, 0.3) is 5.65 Å². The molecule has 2 atom stereocenters. The molecule has 47 heavy (non-hydrogen) atoms. The van der Waals surface area contributed by atoms with E-state index in [4.69, 9.17) is 4.74 Å². The molecule has 3 amide bonds. The molecule has 0 spiro atoms. The van der Waals surface area contributed by atoms with Gasteiger partial charge in [-0.2, -0.15) is 0 Å². The number of carbonyl (C=O) groups excluding carboxylic acids is 2. The van der Waals surface area contributed by atoms with E-state index in [0.29, 0.717) is 29.5 Å². The molecule has 0 radical (unpaired) electrons. The Balaban J connectivity index is 1.30. The molecule has 1 aromatic carbocycles. The Bertz CT molecular complexity index is 2000. The van der Waals surface area contributed by atoms with Crippen molar-refractivity contribution in [3.63, 3.8) is 0 Å². The van der Waals surface area contributed by atoms with Gasteiger partial charge in [0.15, 0.2) is 0 Å². The van der Waals surface area contributed by atoms with Crippen LogP contribution in [0.4, 0.5) is 21.0 Å². The molecule has 246 valence electrons. The second-order valence-electron chi connectivity index (χ2n) is 12.9. The molecule has 0 unspecified atom stereocenters. The molecular formula is C32H35N7O7S. The van der Waals surface area contributed by atoms with Gasteiger partial charge >= 0.3 is 12.2 Å². The molecule has 2 saturated carbocycles. The summed E-state index contributed by atoms with van der Waals surface area (Å²) in [6.45, 7) is 6.41. The van der Waals surface area contributed by atoms with Crippen molar-refractivity contribution < 1.29 is 32.6 Å². The molecule has 14 nitrogen and oxygen atoms in total. The highest BCUT2D eigenvalue weighted by atomic mass is 32.2. The Morgan fingerprint density at radius 3 is 2.53 bits per heavy atom. The predicted octanol–water partition coefficient (Wildman–Crippen LogP) is 4.95. The second-order valence-corrected chi connectivity index (χ2v) is 14.5. The van der Waals surface area contributed by atoms with Crippen LogP contribution in [0.15, 0.2) is 59.9 Å². The summed E-state index contributed by atoms with van der Waals surface area (Å²) in [5.74, 6) is -0.260. The van der Waals surface area contributed by atoms with Crippen molar-refractivity contribution in [1.82, 2.24) is 24.1 Å². The highest BCUT2D eigenvalue weighted by Crippen LogP contribution is 2.47. The van der Waals surface area contributed by atoms with E-state index in [2.05, 4.69) is 20.3 Å². The first-order valence-corrected chi connectivity index (χ1v) is 16.6. The van der Waals surface area contributed by atoms with Crippen LogP contribution in [0.1, 0.15) is 74.6 Å². The summed E-state index contributed by atoms with van der Waals surface area (Å²) >= 11 is 0. The molecule has 3 N–H and O–H groups in total. The number of hydrogen-bond acceptors (Lipinski definition) is 9. The highest BCUT2D eigenvalue weighted by molar-refractivity contribution is 7.90. The molecule has 15 heteroatoms. The molecule has 0 saturated heterocycles. The van der Waals surface area contributed by atoms with Crippen LogP contribution in [0, 0.1) is 12.8 Å². The second kappa shape index (κ2) is 12.0. The van der Waals surface area contributed by atoms with E-state index >= 15 is 0 Å². The van der Waals surface area contributed by atoms with Crippen LogP contribution in [0.2, 0.25) is 0 Å². The standard InChI is InChI=1S/C32H35N7O7S/c1-18-11-12-33-28(34-18)23-14-24(23)29(40)36-25-13-22(8-9-26(25)47(44,45)37-30(41)46-32(2,3)4)39(31(42)43)17-21-16-38-15-20(19-5-6-19)7-10-27(38)35-21/h7-13,15-16,19,23-24H,5-6,14,17H2,1-4H3,(H,36,40)(H,37,41)(H,42,43)/t23-,24-/m0/s1. The van der Waals surface area contributed by atoms with E-state index in [9.17, 15) is 27.9 Å². The number of nitrogens with zero attached hydrogens (tertiary/aromatic N) is 5. The highest BCUT2D eigenvalue weighted by Gasteiger charge is 2.46. The van der Waals surface area contributed by atoms with E-state index < -0.39 is 44.5 Å². The maximum absolute atomic E-state index is 13.4. The number of aromatic nitrogens is 4. The zero-order valence-corrected chi connectivity index (χ0v) is 27.1. The third kappa shape index (κ3) is 7.35. The van der Waals surface area contributed by atoms with Crippen molar-refractivity contribution in [1.29, 1.82) is 0 Å². The topological polar surface area (TPSA) is 185 Å². The van der Waals surface area contributed by atoms with Gasteiger partial charge in [-0.25, -0.2) is 37.7 Å². The van der Waals surface area contributed by atoms with Gasteiger partial charge in [0.25, 0.3) is 10.0 Å². The lowest BCUT2D eigenvalue weighted by molar-refractivity contribution is -0.117. The third-order valence-corrected chi connectivity index (χ3v) is 9.21. The summed E-state index contributed by atoms with van der Waals surface area (Å²) in [6.07, 6.45) is 5.55. The zero-order valence-electron chi connectivity index (χ0n) is 26.3. The molecule has 2 fully saturated rings. The van der Waals surface area contributed by atoms with Gasteiger partial charge in [0.05, 0.1) is 17.9 Å². The smallest absolute Gasteiger partial charge is 0.421 e. The SMILES string of the molecule is Cc1ccnc([C@H]2C[C@@H]2C(=O)Nc2cc(N(Cc3cn4cc(C5CC5)ccc4n3)C(=O)O)ccc2S(=O)(=O)NC(=O)OC(C)(C)C)n1. The lowest BCUT2D eigenvalue weighted by atomic mass is 10.2. The van der Waals surface area contributed by atoms with Crippen LogP contribution in [0.3, 0.4) is 0 Å². The number of amides is 3. The van der Waals surface area contributed by atoms with Crippen molar-refractivity contribution in [2.24, 2.45) is 5.92 Å². The monoisotopic (exact) mass is 661 g/mol. The molecule has 4 aromatic rings. The number of hydrogen-bond donors (Lipinski definition) is 3. The largest absolute Gasteiger partial charge is 0.465 e. The minimum Gasteiger partial charge on any atom is -0.465 e. The number of benzene rings is 1. The Morgan fingerprint density at radius 1 is 1.09 bits per heavy atom. The van der Waals surface area contributed by atoms with Crippen LogP contribution in [-0.2, 0) is 26.1 Å². The number of carboxylic acid groups (broad SMARTS) is 1. The van der Waals surface area contributed by atoms with Gasteiger partial charge in [-0.3, -0.25) is 9.69 Å². The number of ether oxygens (including phenoxy) is 1. The first-order valence-electron chi connectivity index (χ1n) is 15.1. The van der Waals surface area contributed by atoms with Gasteiger partial charge in [0, 0.05) is 41.8 Å². The average molecular weight is 662 g/mol. The molecule has 6 rings (SSSR count). The molecule has 2 aliphatic rings. The molecular weight excluding hydrogens is 626 g/mol. The van der Waals surface area contributed by atoms with Gasteiger partial charge in [-0.05, 0) is 88.8 Å². The van der Waals surface area contributed by atoms with Crippen LogP contribution >= 0.6 is 0 Å². The Kier molecular flexibility index (Phi) is 8.11. The number of fused-ring (bicyclic) bond motifs is 1. The van der Waals surface area contributed by atoms with Gasteiger partial charge in [0.2, 0.25) is 5.91 Å². The van der Waals surface area contributed by atoms with Gasteiger partial charge in [0.1, 0.15) is 22.0 Å². The molecule has 3 heterocycles. The maximum Gasteiger partial charge on any atom is 0.421 e. The molecule has 2 aliphatic carbocycles. The lowest BCUT2D eigenvalue weighted by Gasteiger charge is -2.22. The lowest BCUT2D eigenvalue weighted by Crippen LogP contribution is -2.36. The fraction of sp³-hybridized carbons (Fsp3) is 0.375. The summed E-state index contributed by atoms with van der Waals surface area (Å²) in [4.78, 5) is 52.1. The van der Waals surface area contributed by atoms with Gasteiger partial charge < -0.3 is 19.6 Å². The van der Waals surface area contributed by atoms with E-state index in [1.54, 1.807) is 39.2 Å². The Hall–Kier alpha value is -5.05. The van der Waals surface area contributed by atoms with E-state index in [1.807, 2.05) is 34.4 Å². The average Bonchev–Trinajstić information content (AvgIpc) is 3.90. The third-order valence-electron chi connectivity index (χ3n) is 7.83. The summed E-state index contributed by atoms with van der Waals surface area (Å²) in [5, 5.41) is 12.8. The fourth-order valence-corrected chi connectivity index (χ4v) is 6.37. The van der Waals surface area contributed by atoms with Crippen molar-refractivity contribution in [2.45, 2.75) is 75.8 Å². The van der Waals surface area contributed by atoms with Crippen molar-refractivity contribution >= 4 is 45.1 Å². The summed E-state index contributed by atoms with van der Waals surface area (Å²) in [5.41, 5.74) is 1.96. The number of imidazole rings is 1.